The van der Waals surface area contributed by atoms with E-state index in [2.05, 4.69) is 10.1 Å². The SMILES string of the molecule is CC(C)(C)C(O)C([CH]c1ccc(Cl)cc1Cl)n1cncn1. The summed E-state index contributed by atoms with van der Waals surface area (Å²) >= 11 is 12.1. The van der Waals surface area contributed by atoms with Crippen LogP contribution in [0.3, 0.4) is 0 Å². The van der Waals surface area contributed by atoms with Gasteiger partial charge in [-0.2, -0.15) is 5.10 Å². The Morgan fingerprint density at radius 2 is 2.00 bits per heavy atom. The maximum Gasteiger partial charge on any atom is 0.137 e. The first kappa shape index (κ1) is 16.3. The highest BCUT2D eigenvalue weighted by atomic mass is 35.5. The van der Waals surface area contributed by atoms with Gasteiger partial charge in [-0.15, -0.1) is 0 Å². The first-order valence-corrected chi connectivity index (χ1v) is 7.37. The summed E-state index contributed by atoms with van der Waals surface area (Å²) < 4.78 is 1.63. The summed E-state index contributed by atoms with van der Waals surface area (Å²) in [6.45, 7) is 5.91. The Bertz CT molecular complexity index is 593. The van der Waals surface area contributed by atoms with Crippen LogP contribution in [0.1, 0.15) is 32.4 Å². The van der Waals surface area contributed by atoms with E-state index >= 15 is 0 Å². The third kappa shape index (κ3) is 3.96. The van der Waals surface area contributed by atoms with Crippen molar-refractivity contribution in [3.63, 3.8) is 0 Å². The zero-order valence-corrected chi connectivity index (χ0v) is 13.7. The molecule has 2 aromatic rings. The summed E-state index contributed by atoms with van der Waals surface area (Å²) in [6, 6.07) is 4.90. The maximum absolute atomic E-state index is 10.6. The second-order valence-electron chi connectivity index (χ2n) is 6.01. The van der Waals surface area contributed by atoms with Gasteiger partial charge < -0.3 is 5.11 Å². The van der Waals surface area contributed by atoms with Gasteiger partial charge >= 0.3 is 0 Å². The van der Waals surface area contributed by atoms with Crippen molar-refractivity contribution in [2.24, 2.45) is 5.41 Å². The van der Waals surface area contributed by atoms with E-state index in [1.165, 1.54) is 6.33 Å². The Hall–Kier alpha value is -1.10. The predicted octanol–water partition coefficient (Wildman–Crippen LogP) is 3.79. The van der Waals surface area contributed by atoms with Gasteiger partial charge in [0.1, 0.15) is 12.7 Å². The van der Waals surface area contributed by atoms with Crippen molar-refractivity contribution in [2.75, 3.05) is 0 Å². The molecule has 1 aromatic carbocycles. The van der Waals surface area contributed by atoms with Crippen molar-refractivity contribution in [3.05, 3.63) is 52.9 Å². The van der Waals surface area contributed by atoms with Crippen molar-refractivity contribution in [3.8, 4) is 0 Å². The minimum Gasteiger partial charge on any atom is -0.390 e. The maximum atomic E-state index is 10.6. The third-order valence-corrected chi connectivity index (χ3v) is 3.83. The monoisotopic (exact) mass is 326 g/mol. The molecule has 0 aliphatic rings. The van der Waals surface area contributed by atoms with Gasteiger partial charge in [0.05, 0.1) is 12.1 Å². The van der Waals surface area contributed by atoms with Crippen molar-refractivity contribution in [1.29, 1.82) is 0 Å². The Morgan fingerprint density at radius 1 is 1.29 bits per heavy atom. The number of halogens is 2. The van der Waals surface area contributed by atoms with Gasteiger partial charge in [0.2, 0.25) is 0 Å². The molecule has 1 radical (unpaired) electrons. The number of hydrogen-bond acceptors (Lipinski definition) is 3. The Labute approximate surface area is 134 Å². The Balaban J connectivity index is 2.33. The van der Waals surface area contributed by atoms with E-state index in [4.69, 9.17) is 23.2 Å². The predicted molar refractivity (Wildman–Crippen MR) is 84.4 cm³/mol. The van der Waals surface area contributed by atoms with Crippen LogP contribution < -0.4 is 0 Å². The average Bonchev–Trinajstić information content (AvgIpc) is 2.90. The zero-order chi connectivity index (χ0) is 15.6. The first-order chi connectivity index (χ1) is 9.79. The lowest BCUT2D eigenvalue weighted by Crippen LogP contribution is -2.36. The molecule has 1 aromatic heterocycles. The molecule has 4 nitrogen and oxygen atoms in total. The van der Waals surface area contributed by atoms with E-state index < -0.39 is 6.10 Å². The fraction of sp³-hybridized carbons (Fsp3) is 0.400. The largest absolute Gasteiger partial charge is 0.390 e. The molecule has 2 rings (SSSR count). The van der Waals surface area contributed by atoms with Gasteiger partial charge in [-0.3, -0.25) is 0 Å². The topological polar surface area (TPSA) is 50.9 Å². The highest BCUT2D eigenvalue weighted by molar-refractivity contribution is 6.35. The fourth-order valence-corrected chi connectivity index (χ4v) is 2.49. The molecule has 0 aliphatic carbocycles. The van der Waals surface area contributed by atoms with Crippen molar-refractivity contribution in [1.82, 2.24) is 14.8 Å². The van der Waals surface area contributed by atoms with Gasteiger partial charge in [-0.05, 0) is 23.1 Å². The molecule has 0 saturated carbocycles. The summed E-state index contributed by atoms with van der Waals surface area (Å²) in [5, 5.41) is 15.9. The lowest BCUT2D eigenvalue weighted by molar-refractivity contribution is 0.0243. The molecule has 0 amide bonds. The number of aliphatic hydroxyl groups excluding tert-OH is 1. The van der Waals surface area contributed by atoms with Crippen LogP contribution in [0, 0.1) is 11.8 Å². The first-order valence-electron chi connectivity index (χ1n) is 6.61. The molecule has 2 unspecified atom stereocenters. The number of aliphatic hydroxyl groups is 1. The third-order valence-electron chi connectivity index (χ3n) is 3.27. The Morgan fingerprint density at radius 3 is 2.52 bits per heavy atom. The van der Waals surface area contributed by atoms with Gasteiger partial charge in [-0.1, -0.05) is 50.0 Å². The zero-order valence-electron chi connectivity index (χ0n) is 12.2. The molecular weight excluding hydrogens is 309 g/mol. The fourth-order valence-electron chi connectivity index (χ4n) is 2.02. The number of rotatable bonds is 4. The summed E-state index contributed by atoms with van der Waals surface area (Å²) in [6.07, 6.45) is 4.26. The molecule has 0 spiro atoms. The highest BCUT2D eigenvalue weighted by Gasteiger charge is 2.33. The highest BCUT2D eigenvalue weighted by Crippen LogP contribution is 2.33. The molecule has 2 atom stereocenters. The summed E-state index contributed by atoms with van der Waals surface area (Å²) in [7, 11) is 0. The van der Waals surface area contributed by atoms with Crippen LogP contribution >= 0.6 is 23.2 Å². The van der Waals surface area contributed by atoms with E-state index in [9.17, 15) is 5.11 Å². The summed E-state index contributed by atoms with van der Waals surface area (Å²) in [5.41, 5.74) is 0.483. The average molecular weight is 327 g/mol. The van der Waals surface area contributed by atoms with Crippen molar-refractivity contribution < 1.29 is 5.11 Å². The van der Waals surface area contributed by atoms with Crippen molar-refractivity contribution >= 4 is 23.2 Å². The quantitative estimate of drug-likeness (QED) is 0.930. The minimum atomic E-state index is -0.647. The van der Waals surface area contributed by atoms with E-state index in [0.29, 0.717) is 10.0 Å². The Kier molecular flexibility index (Phi) is 4.91. The van der Waals surface area contributed by atoms with Crippen LogP contribution in [-0.4, -0.2) is 26.0 Å². The van der Waals surface area contributed by atoms with Crippen molar-refractivity contribution in [2.45, 2.75) is 32.9 Å². The lowest BCUT2D eigenvalue weighted by atomic mass is 9.82. The standard InChI is InChI=1S/C15H18Cl2N3O/c1-15(2,3)14(21)13(20-9-18-8-19-20)6-10-4-5-11(16)7-12(10)17/h4-9,13-14,21H,1-3H3. The number of hydrogen-bond donors (Lipinski definition) is 1. The molecule has 113 valence electrons. The molecule has 21 heavy (non-hydrogen) atoms. The van der Waals surface area contributed by atoms with Gasteiger partial charge in [-0.25, -0.2) is 9.67 Å². The number of benzene rings is 1. The van der Waals surface area contributed by atoms with Crippen LogP contribution in [0.25, 0.3) is 0 Å². The molecular formula is C15H18Cl2N3O. The summed E-state index contributed by atoms with van der Waals surface area (Å²) in [5.74, 6) is 0. The normalized spacial score (nSPS) is 15.0. The molecule has 1 heterocycles. The van der Waals surface area contributed by atoms with E-state index in [1.807, 2.05) is 33.3 Å². The smallest absolute Gasteiger partial charge is 0.137 e. The number of aromatic nitrogens is 3. The van der Waals surface area contributed by atoms with Crippen LogP contribution in [0.4, 0.5) is 0 Å². The van der Waals surface area contributed by atoms with E-state index in [1.54, 1.807) is 23.1 Å². The summed E-state index contributed by atoms with van der Waals surface area (Å²) in [4.78, 5) is 3.95. The minimum absolute atomic E-state index is 0.313. The molecule has 6 heteroatoms. The van der Waals surface area contributed by atoms with Crippen LogP contribution in [0.2, 0.25) is 10.0 Å². The van der Waals surface area contributed by atoms with Crippen LogP contribution in [0.15, 0.2) is 30.9 Å². The number of nitrogens with zero attached hydrogens (tertiary/aromatic N) is 3. The van der Waals surface area contributed by atoms with Crippen LogP contribution in [-0.2, 0) is 0 Å². The molecule has 0 saturated heterocycles. The molecule has 1 N–H and O–H groups in total. The van der Waals surface area contributed by atoms with Gasteiger partial charge in [0.25, 0.3) is 0 Å². The van der Waals surface area contributed by atoms with Gasteiger partial charge in [0.15, 0.2) is 0 Å². The lowest BCUT2D eigenvalue weighted by Gasteiger charge is -2.33. The molecule has 0 aliphatic heterocycles. The molecule has 0 bridgehead atoms. The second kappa shape index (κ2) is 6.34. The molecule has 0 fully saturated rings. The van der Waals surface area contributed by atoms with Gasteiger partial charge in [0, 0.05) is 16.5 Å². The van der Waals surface area contributed by atoms with E-state index in [0.717, 1.165) is 5.56 Å². The van der Waals surface area contributed by atoms with E-state index in [-0.39, 0.29) is 11.5 Å². The van der Waals surface area contributed by atoms with Crippen LogP contribution in [0.5, 0.6) is 0 Å². The second-order valence-corrected chi connectivity index (χ2v) is 6.85.